The van der Waals surface area contributed by atoms with Crippen LogP contribution in [0.25, 0.3) is 0 Å². The monoisotopic (exact) mass is 328 g/mol. The molecule has 4 nitrogen and oxygen atoms in total. The predicted octanol–water partition coefficient (Wildman–Crippen LogP) is 4.33. The standard InChI is InChI=1S/C13H14Cl2N4S/c1-3-16-8(2)7-17-12-19-13(20-12)18-11-6-9(14)4-5-10(11)15/h4-7,16H,3H2,1-2H3,(H,17,18,19)/b8-7+. The van der Waals surface area contributed by atoms with Crippen molar-refractivity contribution in [3.05, 3.63) is 40.1 Å². The number of nitrogens with one attached hydrogen (secondary N) is 2. The zero-order valence-electron chi connectivity index (χ0n) is 11.1. The Morgan fingerprint density at radius 2 is 2.20 bits per heavy atom. The summed E-state index contributed by atoms with van der Waals surface area (Å²) in [5.41, 5.74) is 1.75. The van der Waals surface area contributed by atoms with Gasteiger partial charge in [-0.1, -0.05) is 23.2 Å². The van der Waals surface area contributed by atoms with Crippen LogP contribution >= 0.6 is 35.0 Å². The highest BCUT2D eigenvalue weighted by Crippen LogP contribution is 2.29. The molecule has 0 saturated heterocycles. The quantitative estimate of drug-likeness (QED) is 0.864. The summed E-state index contributed by atoms with van der Waals surface area (Å²) >= 11 is 13.4. The third kappa shape index (κ3) is 4.16. The number of aliphatic imine (C=N–C) groups is 2. The van der Waals surface area contributed by atoms with E-state index >= 15 is 0 Å². The lowest BCUT2D eigenvalue weighted by molar-refractivity contribution is 0.850. The third-order valence-electron chi connectivity index (χ3n) is 2.38. The van der Waals surface area contributed by atoms with Crippen LogP contribution in [0.1, 0.15) is 13.8 Å². The van der Waals surface area contributed by atoms with Crippen molar-refractivity contribution in [1.82, 2.24) is 5.32 Å². The number of halogens is 2. The van der Waals surface area contributed by atoms with Crippen molar-refractivity contribution in [3.8, 4) is 0 Å². The summed E-state index contributed by atoms with van der Waals surface area (Å²) in [5, 5.41) is 8.96. The normalized spacial score (nSPS) is 16.7. The molecule has 0 saturated carbocycles. The van der Waals surface area contributed by atoms with Crippen LogP contribution in [0.4, 0.5) is 5.69 Å². The Balaban J connectivity index is 1.98. The van der Waals surface area contributed by atoms with Gasteiger partial charge in [-0.25, -0.2) is 4.99 Å². The lowest BCUT2D eigenvalue weighted by Gasteiger charge is -2.16. The molecule has 1 aliphatic heterocycles. The zero-order valence-corrected chi connectivity index (χ0v) is 13.4. The number of hydrogen-bond acceptors (Lipinski definition) is 4. The lowest BCUT2D eigenvalue weighted by Crippen LogP contribution is -2.19. The van der Waals surface area contributed by atoms with E-state index in [4.69, 9.17) is 23.2 Å². The molecule has 2 N–H and O–H groups in total. The summed E-state index contributed by atoms with van der Waals surface area (Å²) in [7, 11) is 0. The van der Waals surface area contributed by atoms with Gasteiger partial charge in [-0.2, -0.15) is 4.99 Å². The summed E-state index contributed by atoms with van der Waals surface area (Å²) in [5.74, 6) is 0. The summed E-state index contributed by atoms with van der Waals surface area (Å²) in [6.07, 6.45) is 1.76. The molecule has 0 aromatic heterocycles. The minimum absolute atomic E-state index is 0.603. The Labute approximate surface area is 132 Å². The summed E-state index contributed by atoms with van der Waals surface area (Å²) < 4.78 is 0. The summed E-state index contributed by atoms with van der Waals surface area (Å²) in [4.78, 5) is 8.51. The first-order valence-corrected chi connectivity index (χ1v) is 7.63. The smallest absolute Gasteiger partial charge is 0.197 e. The Bertz CT molecular complexity index is 596. The van der Waals surface area contributed by atoms with Crippen molar-refractivity contribution in [2.75, 3.05) is 11.9 Å². The van der Waals surface area contributed by atoms with Crippen molar-refractivity contribution >= 4 is 51.0 Å². The number of amidine groups is 2. The van der Waals surface area contributed by atoms with Gasteiger partial charge in [-0.3, -0.25) is 0 Å². The molecule has 0 fully saturated rings. The Morgan fingerprint density at radius 3 is 2.90 bits per heavy atom. The van der Waals surface area contributed by atoms with Crippen LogP contribution in [-0.2, 0) is 0 Å². The lowest BCUT2D eigenvalue weighted by atomic mass is 10.3. The highest BCUT2D eigenvalue weighted by molar-refractivity contribution is 8.29. The summed E-state index contributed by atoms with van der Waals surface area (Å²) in [6, 6.07) is 5.25. The molecule has 1 aromatic rings. The molecule has 7 heteroatoms. The van der Waals surface area contributed by atoms with Crippen molar-refractivity contribution in [2.45, 2.75) is 13.8 Å². The van der Waals surface area contributed by atoms with E-state index in [1.54, 1.807) is 24.4 Å². The molecule has 20 heavy (non-hydrogen) atoms. The molecule has 2 rings (SSSR count). The van der Waals surface area contributed by atoms with E-state index in [9.17, 15) is 0 Å². The van der Waals surface area contributed by atoms with E-state index in [-0.39, 0.29) is 0 Å². The van der Waals surface area contributed by atoms with Gasteiger partial charge >= 0.3 is 0 Å². The van der Waals surface area contributed by atoms with Crippen LogP contribution in [-0.4, -0.2) is 16.9 Å². The number of rotatable bonds is 4. The molecule has 0 aliphatic carbocycles. The number of thioether (sulfide) groups is 1. The second-order valence-corrected chi connectivity index (χ2v) is 5.82. The van der Waals surface area contributed by atoms with E-state index in [0.29, 0.717) is 15.2 Å². The maximum atomic E-state index is 6.06. The van der Waals surface area contributed by atoms with Gasteiger partial charge < -0.3 is 10.6 Å². The molecule has 1 aromatic carbocycles. The molecule has 0 radical (unpaired) electrons. The van der Waals surface area contributed by atoms with E-state index in [1.807, 2.05) is 13.8 Å². The summed E-state index contributed by atoms with van der Waals surface area (Å²) in [6.45, 7) is 4.88. The van der Waals surface area contributed by atoms with Crippen LogP contribution in [0.3, 0.4) is 0 Å². The van der Waals surface area contributed by atoms with Gasteiger partial charge in [-0.15, -0.1) is 0 Å². The number of anilines is 1. The first-order valence-electron chi connectivity index (χ1n) is 6.05. The molecule has 0 bridgehead atoms. The average Bonchev–Trinajstić information content (AvgIpc) is 2.36. The van der Waals surface area contributed by atoms with E-state index < -0.39 is 0 Å². The predicted molar refractivity (Wildman–Crippen MR) is 90.0 cm³/mol. The molecule has 0 amide bonds. The molecule has 0 spiro atoms. The molecule has 1 heterocycles. The van der Waals surface area contributed by atoms with E-state index in [2.05, 4.69) is 20.6 Å². The maximum absolute atomic E-state index is 6.06. The Hall–Kier alpha value is -1.17. The molecule has 1 aliphatic rings. The van der Waals surface area contributed by atoms with Crippen molar-refractivity contribution in [2.24, 2.45) is 9.98 Å². The first-order chi connectivity index (χ1) is 9.58. The maximum Gasteiger partial charge on any atom is 0.197 e. The number of nitrogens with zero attached hydrogens (tertiary/aromatic N) is 2. The van der Waals surface area contributed by atoms with Gasteiger partial charge in [0.25, 0.3) is 0 Å². The van der Waals surface area contributed by atoms with Crippen LogP contribution in [0, 0.1) is 0 Å². The number of allylic oxidation sites excluding steroid dienone is 1. The van der Waals surface area contributed by atoms with Gasteiger partial charge in [-0.05, 0) is 43.8 Å². The van der Waals surface area contributed by atoms with Gasteiger partial charge in [0.15, 0.2) is 10.3 Å². The zero-order chi connectivity index (χ0) is 14.5. The van der Waals surface area contributed by atoms with Gasteiger partial charge in [0, 0.05) is 23.5 Å². The van der Waals surface area contributed by atoms with Gasteiger partial charge in [0.05, 0.1) is 10.7 Å². The first kappa shape index (κ1) is 15.2. The average molecular weight is 329 g/mol. The SMILES string of the molecule is CCN/C(C)=C/N=C1N=C(Nc2cc(Cl)ccc2Cl)S1. The second kappa shape index (κ2) is 7.02. The fourth-order valence-electron chi connectivity index (χ4n) is 1.47. The molecule has 0 atom stereocenters. The highest BCUT2D eigenvalue weighted by atomic mass is 35.5. The molecular formula is C13H14Cl2N4S. The van der Waals surface area contributed by atoms with Crippen molar-refractivity contribution in [1.29, 1.82) is 0 Å². The third-order valence-corrected chi connectivity index (χ3v) is 3.71. The molecule has 0 unspecified atom stereocenters. The molecule has 106 valence electrons. The van der Waals surface area contributed by atoms with Crippen molar-refractivity contribution < 1.29 is 0 Å². The Kier molecular flexibility index (Phi) is 5.34. The second-order valence-electron chi connectivity index (χ2n) is 4.02. The Morgan fingerprint density at radius 1 is 1.45 bits per heavy atom. The van der Waals surface area contributed by atoms with Gasteiger partial charge in [0.2, 0.25) is 0 Å². The number of hydrogen-bond donors (Lipinski definition) is 2. The fourth-order valence-corrected chi connectivity index (χ4v) is 2.39. The van der Waals surface area contributed by atoms with Crippen LogP contribution in [0.2, 0.25) is 10.0 Å². The number of benzene rings is 1. The van der Waals surface area contributed by atoms with E-state index in [1.165, 1.54) is 11.8 Å². The molecular weight excluding hydrogens is 315 g/mol. The highest BCUT2D eigenvalue weighted by Gasteiger charge is 2.18. The van der Waals surface area contributed by atoms with Crippen LogP contribution < -0.4 is 10.6 Å². The minimum atomic E-state index is 0.603. The minimum Gasteiger partial charge on any atom is -0.388 e. The van der Waals surface area contributed by atoms with E-state index in [0.717, 1.165) is 23.1 Å². The largest absolute Gasteiger partial charge is 0.388 e. The topological polar surface area (TPSA) is 48.8 Å². The van der Waals surface area contributed by atoms with Crippen molar-refractivity contribution in [3.63, 3.8) is 0 Å². The van der Waals surface area contributed by atoms with Crippen LogP contribution in [0.15, 0.2) is 40.1 Å². The van der Waals surface area contributed by atoms with Gasteiger partial charge in [0.1, 0.15) is 0 Å². The van der Waals surface area contributed by atoms with Crippen LogP contribution in [0.5, 0.6) is 0 Å². The fraction of sp³-hybridized carbons (Fsp3) is 0.231.